The van der Waals surface area contributed by atoms with Crippen molar-refractivity contribution < 1.29 is 70.8 Å². The van der Waals surface area contributed by atoms with E-state index >= 15 is 0 Å². The standard InChI is InChI=1S/C36H70O14/c37-19-27(43)14-12-10-8-6-4-2-1-3-5-7-9-11-13-26(15-28(44)20-38)33(16-29(45)21-39)34(17-30(46)22-40)35(18-31(47)23-41)36(49)50-25-32(48)24-42/h5,7,26-35,37-48H,1-4,6,8-25H2. The first-order chi connectivity index (χ1) is 24.0. The summed E-state index contributed by atoms with van der Waals surface area (Å²) >= 11 is 0. The molecule has 12 N–H and O–H groups in total. The summed E-state index contributed by atoms with van der Waals surface area (Å²) in [5.74, 6) is -4.18. The molecule has 0 bridgehead atoms. The second-order valence-corrected chi connectivity index (χ2v) is 13.7. The van der Waals surface area contributed by atoms with Gasteiger partial charge in [-0.25, -0.2) is 0 Å². The fraction of sp³-hybridized carbons (Fsp3) is 0.917. The van der Waals surface area contributed by atoms with Crippen LogP contribution in [0.15, 0.2) is 12.2 Å². The van der Waals surface area contributed by atoms with Gasteiger partial charge in [-0.15, -0.1) is 0 Å². The topological polar surface area (TPSA) is 269 Å². The van der Waals surface area contributed by atoms with Crippen molar-refractivity contribution in [3.8, 4) is 0 Å². The summed E-state index contributed by atoms with van der Waals surface area (Å²) in [6, 6.07) is 0. The summed E-state index contributed by atoms with van der Waals surface area (Å²) in [4.78, 5) is 13.4. The van der Waals surface area contributed by atoms with E-state index in [1.807, 2.05) is 0 Å². The maximum Gasteiger partial charge on any atom is 0.309 e. The van der Waals surface area contributed by atoms with E-state index in [1.165, 1.54) is 0 Å². The minimum Gasteiger partial charge on any atom is -0.463 e. The molecule has 0 aliphatic carbocycles. The fourth-order valence-electron chi connectivity index (χ4n) is 6.56. The summed E-state index contributed by atoms with van der Waals surface area (Å²) in [6.45, 7) is -3.94. The van der Waals surface area contributed by atoms with Crippen molar-refractivity contribution in [2.45, 2.75) is 139 Å². The Labute approximate surface area is 298 Å². The first-order valence-electron chi connectivity index (χ1n) is 18.5. The van der Waals surface area contributed by atoms with Crippen LogP contribution in [-0.4, -0.2) is 150 Å². The Bertz CT molecular complexity index is 818. The molecule has 298 valence electrons. The Morgan fingerprint density at radius 1 is 0.460 bits per heavy atom. The van der Waals surface area contributed by atoms with Crippen molar-refractivity contribution >= 4 is 5.97 Å². The fourth-order valence-corrected chi connectivity index (χ4v) is 6.56. The molecule has 0 aromatic carbocycles. The van der Waals surface area contributed by atoms with Gasteiger partial charge in [0.25, 0.3) is 0 Å². The lowest BCUT2D eigenvalue weighted by atomic mass is 9.66. The number of allylic oxidation sites excluding steroid dienone is 2. The number of aliphatic hydroxyl groups excluding tert-OH is 12. The number of carbonyl (C=O) groups excluding carboxylic acids is 1. The van der Waals surface area contributed by atoms with Crippen LogP contribution in [0.5, 0.6) is 0 Å². The van der Waals surface area contributed by atoms with Crippen molar-refractivity contribution in [1.29, 1.82) is 0 Å². The number of carbonyl (C=O) groups is 1. The second kappa shape index (κ2) is 31.3. The van der Waals surface area contributed by atoms with Crippen molar-refractivity contribution in [2.24, 2.45) is 23.7 Å². The van der Waals surface area contributed by atoms with Gasteiger partial charge in [-0.2, -0.15) is 0 Å². The zero-order valence-electron chi connectivity index (χ0n) is 29.9. The highest BCUT2D eigenvalue weighted by atomic mass is 16.5. The van der Waals surface area contributed by atoms with Crippen LogP contribution in [-0.2, 0) is 9.53 Å². The molecular weight excluding hydrogens is 656 g/mol. The number of unbranched alkanes of at least 4 members (excludes halogenated alkanes) is 8. The normalized spacial score (nSPS) is 18.2. The molecule has 0 saturated carbocycles. The lowest BCUT2D eigenvalue weighted by Gasteiger charge is -2.40. The summed E-state index contributed by atoms with van der Waals surface area (Å²) in [5, 5.41) is 118. The maximum atomic E-state index is 13.4. The van der Waals surface area contributed by atoms with Gasteiger partial charge < -0.3 is 66.0 Å². The highest BCUT2D eigenvalue weighted by molar-refractivity contribution is 5.73. The van der Waals surface area contributed by atoms with E-state index in [0.29, 0.717) is 25.7 Å². The Balaban J connectivity index is 5.75. The molecule has 14 nitrogen and oxygen atoms in total. The van der Waals surface area contributed by atoms with Gasteiger partial charge in [0.05, 0.1) is 76.1 Å². The third-order valence-corrected chi connectivity index (χ3v) is 9.37. The molecule has 0 aromatic rings. The Kier molecular flexibility index (Phi) is 30.5. The maximum absolute atomic E-state index is 13.4. The molecule has 0 heterocycles. The molecule has 0 rings (SSSR count). The molecular formula is C36H70O14. The number of rotatable bonds is 34. The van der Waals surface area contributed by atoms with Crippen LogP contribution >= 0.6 is 0 Å². The van der Waals surface area contributed by atoms with Crippen LogP contribution in [0, 0.1) is 23.7 Å². The molecule has 14 heteroatoms. The van der Waals surface area contributed by atoms with Crippen molar-refractivity contribution in [1.82, 2.24) is 0 Å². The Morgan fingerprint density at radius 2 is 0.900 bits per heavy atom. The molecule has 0 fully saturated rings. The number of hydrogen-bond acceptors (Lipinski definition) is 14. The number of aliphatic hydroxyl groups is 12. The Hall–Kier alpha value is -1.27. The largest absolute Gasteiger partial charge is 0.463 e. The van der Waals surface area contributed by atoms with Gasteiger partial charge in [-0.05, 0) is 82.0 Å². The first kappa shape index (κ1) is 48.7. The van der Waals surface area contributed by atoms with Gasteiger partial charge in [0.2, 0.25) is 0 Å². The number of hydrogen-bond donors (Lipinski definition) is 12. The van der Waals surface area contributed by atoms with Gasteiger partial charge in [0.15, 0.2) is 0 Å². The Morgan fingerprint density at radius 3 is 1.44 bits per heavy atom. The van der Waals surface area contributed by atoms with E-state index in [-0.39, 0.29) is 32.3 Å². The van der Waals surface area contributed by atoms with Crippen LogP contribution in [0.2, 0.25) is 0 Å². The van der Waals surface area contributed by atoms with E-state index in [0.717, 1.165) is 51.4 Å². The molecule has 10 atom stereocenters. The SMILES string of the molecule is O=C(OCC(O)CO)C(CC(O)CO)C(CC(O)CO)C(CC(O)CO)C(CCCC=CCCCCCCCCCC(O)CO)CC(O)CO. The van der Waals surface area contributed by atoms with Crippen LogP contribution in [0.1, 0.15) is 103 Å². The number of ether oxygens (including phenoxy) is 1. The van der Waals surface area contributed by atoms with E-state index in [1.54, 1.807) is 0 Å². The summed E-state index contributed by atoms with van der Waals surface area (Å²) in [6.07, 6.45) is 7.37. The van der Waals surface area contributed by atoms with Gasteiger partial charge in [0.1, 0.15) is 12.7 Å². The predicted molar refractivity (Wildman–Crippen MR) is 186 cm³/mol. The molecule has 10 unspecified atom stereocenters. The molecule has 0 spiro atoms. The molecule has 0 saturated heterocycles. The minimum absolute atomic E-state index is 0.0598. The second-order valence-electron chi connectivity index (χ2n) is 13.7. The van der Waals surface area contributed by atoms with Gasteiger partial charge in [-0.3, -0.25) is 4.79 Å². The molecule has 0 aromatic heterocycles. The lowest BCUT2D eigenvalue weighted by molar-refractivity contribution is -0.158. The smallest absolute Gasteiger partial charge is 0.309 e. The van der Waals surface area contributed by atoms with Crippen molar-refractivity contribution in [2.75, 3.05) is 46.2 Å². The summed E-state index contributed by atoms with van der Waals surface area (Å²) in [5.41, 5.74) is 0. The van der Waals surface area contributed by atoms with E-state index in [9.17, 15) is 61.0 Å². The van der Waals surface area contributed by atoms with Crippen LogP contribution in [0.3, 0.4) is 0 Å². The van der Waals surface area contributed by atoms with Gasteiger partial charge >= 0.3 is 5.97 Å². The molecule has 0 aliphatic rings. The predicted octanol–water partition coefficient (Wildman–Crippen LogP) is -0.0886. The summed E-state index contributed by atoms with van der Waals surface area (Å²) < 4.78 is 5.24. The van der Waals surface area contributed by atoms with Crippen LogP contribution in [0.25, 0.3) is 0 Å². The van der Waals surface area contributed by atoms with E-state index in [2.05, 4.69) is 12.2 Å². The monoisotopic (exact) mass is 726 g/mol. The zero-order chi connectivity index (χ0) is 37.7. The highest BCUT2D eigenvalue weighted by Crippen LogP contribution is 2.41. The molecule has 0 radical (unpaired) electrons. The first-order valence-corrected chi connectivity index (χ1v) is 18.5. The molecule has 0 aliphatic heterocycles. The third kappa shape index (κ3) is 23.3. The minimum atomic E-state index is -1.38. The molecule has 50 heavy (non-hydrogen) atoms. The quantitative estimate of drug-likeness (QED) is 0.0235. The third-order valence-electron chi connectivity index (χ3n) is 9.37. The average molecular weight is 727 g/mol. The van der Waals surface area contributed by atoms with Crippen LogP contribution < -0.4 is 0 Å². The van der Waals surface area contributed by atoms with Crippen molar-refractivity contribution in [3.63, 3.8) is 0 Å². The number of esters is 1. The van der Waals surface area contributed by atoms with E-state index < -0.39 is 106 Å². The highest BCUT2D eigenvalue weighted by Gasteiger charge is 2.42. The van der Waals surface area contributed by atoms with E-state index in [4.69, 9.17) is 9.84 Å². The van der Waals surface area contributed by atoms with Gasteiger partial charge in [0, 0.05) is 0 Å². The molecule has 0 amide bonds. The van der Waals surface area contributed by atoms with Crippen molar-refractivity contribution in [3.05, 3.63) is 12.2 Å². The lowest BCUT2D eigenvalue weighted by Crippen LogP contribution is -2.42. The zero-order valence-corrected chi connectivity index (χ0v) is 29.9. The van der Waals surface area contributed by atoms with Crippen LogP contribution in [0.4, 0.5) is 0 Å². The summed E-state index contributed by atoms with van der Waals surface area (Å²) in [7, 11) is 0. The van der Waals surface area contributed by atoms with Gasteiger partial charge in [-0.1, -0.05) is 50.7 Å². The average Bonchev–Trinajstić information content (AvgIpc) is 3.12.